The monoisotopic (exact) mass is 315 g/mol. The molecule has 2 heterocycles. The molecule has 0 saturated carbocycles. The molecule has 1 aliphatic rings. The van der Waals surface area contributed by atoms with Gasteiger partial charge in [-0.3, -0.25) is 14.3 Å². The zero-order valence-electron chi connectivity index (χ0n) is 13.6. The average Bonchev–Trinajstić information content (AvgIpc) is 2.58. The summed E-state index contributed by atoms with van der Waals surface area (Å²) in [5.74, 6) is 0.662. The Bertz CT molecular complexity index is 794. The molecule has 1 aliphatic heterocycles. The van der Waals surface area contributed by atoms with Gasteiger partial charge >= 0.3 is 5.69 Å². The van der Waals surface area contributed by atoms with Crippen molar-refractivity contribution in [1.82, 2.24) is 9.55 Å². The topological polar surface area (TPSA) is 71.3 Å². The van der Waals surface area contributed by atoms with Crippen LogP contribution in [0.5, 0.6) is 0 Å². The lowest BCUT2D eigenvalue weighted by molar-refractivity contribution is -0.935. The van der Waals surface area contributed by atoms with Crippen LogP contribution >= 0.6 is 0 Å². The Morgan fingerprint density at radius 2 is 2.00 bits per heavy atom. The van der Waals surface area contributed by atoms with Gasteiger partial charge in [0.05, 0.1) is 12.6 Å². The summed E-state index contributed by atoms with van der Waals surface area (Å²) < 4.78 is 1.62. The first kappa shape index (κ1) is 15.6. The van der Waals surface area contributed by atoms with Crippen LogP contribution in [0.4, 0.5) is 5.82 Å². The molecule has 0 bridgehead atoms. The van der Waals surface area contributed by atoms with Crippen LogP contribution in [-0.4, -0.2) is 22.3 Å². The van der Waals surface area contributed by atoms with E-state index < -0.39 is 0 Å². The Labute approximate surface area is 134 Å². The maximum atomic E-state index is 12.2. The first-order valence-corrected chi connectivity index (χ1v) is 8.08. The molecule has 2 atom stereocenters. The molecule has 0 fully saturated rings. The molecule has 0 aliphatic carbocycles. The van der Waals surface area contributed by atoms with Gasteiger partial charge in [-0.05, 0) is 18.9 Å². The third-order valence-corrected chi connectivity index (χ3v) is 4.68. The molecule has 0 spiro atoms. The number of nitrogens with zero attached hydrogens (tertiary/aromatic N) is 1. The molecule has 6 heteroatoms. The van der Waals surface area contributed by atoms with Gasteiger partial charge < -0.3 is 10.2 Å². The molecule has 0 radical (unpaired) electrons. The molecule has 6 nitrogen and oxygen atoms in total. The largest absolute Gasteiger partial charge is 0.330 e. The number of benzene rings is 1. The van der Waals surface area contributed by atoms with Gasteiger partial charge in [0.15, 0.2) is 6.67 Å². The van der Waals surface area contributed by atoms with Gasteiger partial charge in [-0.2, -0.15) is 0 Å². The predicted molar refractivity (Wildman–Crippen MR) is 89.8 cm³/mol. The molecule has 0 amide bonds. The van der Waals surface area contributed by atoms with Gasteiger partial charge in [-0.1, -0.05) is 37.3 Å². The summed E-state index contributed by atoms with van der Waals surface area (Å²) in [5, 5.41) is 3.30. The number of quaternary nitrogens is 1. The number of anilines is 1. The number of hydrogen-bond donors (Lipinski definition) is 3. The molecular weight excluding hydrogens is 292 g/mol. The van der Waals surface area contributed by atoms with E-state index >= 15 is 0 Å². The quantitative estimate of drug-likeness (QED) is 0.752. The van der Waals surface area contributed by atoms with Crippen molar-refractivity contribution in [2.75, 3.05) is 12.0 Å². The second-order valence-corrected chi connectivity index (χ2v) is 6.16. The molecule has 23 heavy (non-hydrogen) atoms. The molecular formula is C17H23N4O2+. The van der Waals surface area contributed by atoms with Gasteiger partial charge in [-0.15, -0.1) is 0 Å². The first-order valence-electron chi connectivity index (χ1n) is 8.08. The van der Waals surface area contributed by atoms with E-state index in [1.165, 1.54) is 4.90 Å². The summed E-state index contributed by atoms with van der Waals surface area (Å²) in [6.45, 7) is 6.13. The Hall–Kier alpha value is -2.34. The minimum Gasteiger partial charge on any atom is -0.324 e. The third-order valence-electron chi connectivity index (χ3n) is 4.68. The number of aromatic amines is 1. The van der Waals surface area contributed by atoms with E-state index in [-0.39, 0.29) is 11.2 Å². The fourth-order valence-corrected chi connectivity index (χ4v) is 3.02. The summed E-state index contributed by atoms with van der Waals surface area (Å²) in [4.78, 5) is 28.3. The van der Waals surface area contributed by atoms with Crippen LogP contribution in [0.15, 0.2) is 39.9 Å². The Morgan fingerprint density at radius 3 is 2.70 bits per heavy atom. The van der Waals surface area contributed by atoms with Crippen molar-refractivity contribution in [1.29, 1.82) is 0 Å². The minimum atomic E-state index is -0.364. The van der Waals surface area contributed by atoms with Crippen molar-refractivity contribution in [3.8, 4) is 0 Å². The van der Waals surface area contributed by atoms with E-state index in [0.29, 0.717) is 30.5 Å². The highest BCUT2D eigenvalue weighted by molar-refractivity contribution is 5.44. The van der Waals surface area contributed by atoms with Crippen LogP contribution in [0, 0.1) is 0 Å². The van der Waals surface area contributed by atoms with Gasteiger partial charge in [-0.25, -0.2) is 4.79 Å². The lowest BCUT2D eigenvalue weighted by Crippen LogP contribution is -3.16. The van der Waals surface area contributed by atoms with E-state index in [1.54, 1.807) is 4.57 Å². The SMILES string of the molecule is CC[C@@H](C)[NH+]1CNc2c(c(=O)[nH]c(=O)n2Cc2ccccc2)C1. The minimum absolute atomic E-state index is 0.276. The van der Waals surface area contributed by atoms with E-state index in [1.807, 2.05) is 30.3 Å². The summed E-state index contributed by atoms with van der Waals surface area (Å²) in [6.07, 6.45) is 1.05. The highest BCUT2D eigenvalue weighted by Gasteiger charge is 2.27. The van der Waals surface area contributed by atoms with Gasteiger partial charge in [0.25, 0.3) is 5.56 Å². The van der Waals surface area contributed by atoms with Crippen LogP contribution in [0.1, 0.15) is 31.4 Å². The second-order valence-electron chi connectivity index (χ2n) is 6.16. The normalized spacial score (nSPS) is 18.1. The van der Waals surface area contributed by atoms with E-state index in [9.17, 15) is 9.59 Å². The van der Waals surface area contributed by atoms with E-state index in [2.05, 4.69) is 24.1 Å². The maximum absolute atomic E-state index is 12.2. The third kappa shape index (κ3) is 3.07. The van der Waals surface area contributed by atoms with Crippen molar-refractivity contribution in [3.05, 3.63) is 62.3 Å². The number of nitrogens with one attached hydrogen (secondary N) is 3. The number of hydrogen-bond acceptors (Lipinski definition) is 3. The Morgan fingerprint density at radius 1 is 1.26 bits per heavy atom. The molecule has 1 aromatic heterocycles. The molecule has 3 N–H and O–H groups in total. The fraction of sp³-hybridized carbons (Fsp3) is 0.412. The van der Waals surface area contributed by atoms with Crippen LogP contribution in [0.2, 0.25) is 0 Å². The molecule has 1 aromatic carbocycles. The standard InChI is InChI=1S/C17H22N4O2/c1-3-12(2)20-10-14-15(18-11-20)21(17(23)19-16(14)22)9-13-7-5-4-6-8-13/h4-8,12,18H,3,9-11H2,1-2H3,(H,19,22,23)/p+1/t12-/m1/s1. The molecule has 1 unspecified atom stereocenters. The number of rotatable bonds is 4. The van der Waals surface area contributed by atoms with Gasteiger partial charge in [0.1, 0.15) is 17.9 Å². The zero-order valence-corrected chi connectivity index (χ0v) is 13.6. The van der Waals surface area contributed by atoms with Crippen LogP contribution in [0.3, 0.4) is 0 Å². The smallest absolute Gasteiger partial charge is 0.324 e. The predicted octanol–water partition coefficient (Wildman–Crippen LogP) is 0.151. The highest BCUT2D eigenvalue weighted by Crippen LogP contribution is 2.13. The van der Waals surface area contributed by atoms with Crippen molar-refractivity contribution in [2.24, 2.45) is 0 Å². The van der Waals surface area contributed by atoms with Crippen molar-refractivity contribution >= 4 is 5.82 Å². The summed E-state index contributed by atoms with van der Waals surface area (Å²) in [7, 11) is 0. The average molecular weight is 315 g/mol. The number of aromatic nitrogens is 2. The Kier molecular flexibility index (Phi) is 4.34. The number of H-pyrrole nitrogens is 1. The molecule has 3 rings (SSSR count). The first-order chi connectivity index (χ1) is 11.1. The van der Waals surface area contributed by atoms with E-state index in [4.69, 9.17) is 0 Å². The summed E-state index contributed by atoms with van der Waals surface area (Å²) in [5.41, 5.74) is 1.06. The lowest BCUT2D eigenvalue weighted by Gasteiger charge is -2.31. The van der Waals surface area contributed by atoms with Gasteiger partial charge in [0.2, 0.25) is 0 Å². The Balaban J connectivity index is 2.00. The van der Waals surface area contributed by atoms with Crippen molar-refractivity contribution < 1.29 is 4.90 Å². The van der Waals surface area contributed by atoms with Crippen LogP contribution in [-0.2, 0) is 13.1 Å². The lowest BCUT2D eigenvalue weighted by atomic mass is 10.1. The van der Waals surface area contributed by atoms with Crippen LogP contribution in [0.25, 0.3) is 0 Å². The van der Waals surface area contributed by atoms with Crippen molar-refractivity contribution in [2.45, 2.75) is 39.4 Å². The summed E-state index contributed by atoms with van der Waals surface area (Å²) >= 11 is 0. The molecule has 0 saturated heterocycles. The highest BCUT2D eigenvalue weighted by atomic mass is 16.2. The maximum Gasteiger partial charge on any atom is 0.330 e. The zero-order chi connectivity index (χ0) is 16.4. The molecule has 122 valence electrons. The van der Waals surface area contributed by atoms with Gasteiger partial charge in [0, 0.05) is 0 Å². The van der Waals surface area contributed by atoms with E-state index in [0.717, 1.165) is 18.7 Å². The summed E-state index contributed by atoms with van der Waals surface area (Å²) in [6, 6.07) is 10.2. The number of fused-ring (bicyclic) bond motifs is 1. The van der Waals surface area contributed by atoms with Crippen molar-refractivity contribution in [3.63, 3.8) is 0 Å². The fourth-order valence-electron chi connectivity index (χ4n) is 3.02. The van der Waals surface area contributed by atoms with Crippen LogP contribution < -0.4 is 21.5 Å². The second kappa shape index (κ2) is 6.42. The molecule has 2 aromatic rings.